The van der Waals surface area contributed by atoms with Gasteiger partial charge in [-0.15, -0.1) is 0 Å². The lowest BCUT2D eigenvalue weighted by molar-refractivity contribution is 0.307. The van der Waals surface area contributed by atoms with Gasteiger partial charge in [-0.05, 0) is 56.1 Å². The fraction of sp³-hybridized carbons (Fsp3) is 0. The summed E-state index contributed by atoms with van der Waals surface area (Å²) >= 11 is 11.8. The van der Waals surface area contributed by atoms with Gasteiger partial charge in [-0.2, -0.15) is 4.08 Å². The van der Waals surface area contributed by atoms with Gasteiger partial charge in [0.25, 0.3) is 0 Å². The number of hydrogen-bond donors (Lipinski definition) is 0. The third-order valence-corrected chi connectivity index (χ3v) is 5.01. The van der Waals surface area contributed by atoms with E-state index in [1.165, 1.54) is 0 Å². The quantitative estimate of drug-likeness (QED) is 0.537. The molecule has 0 saturated carbocycles. The van der Waals surface area contributed by atoms with Crippen molar-refractivity contribution >= 4 is 51.5 Å². The largest absolute Gasteiger partial charge is 0.604 e. The monoisotopic (exact) mass is 440 g/mol. The van der Waals surface area contributed by atoms with Crippen molar-refractivity contribution in [2.75, 3.05) is 0 Å². The second-order valence-corrected chi connectivity index (χ2v) is 7.08. The standard InChI is InChI=1S/C12H8Br2ClO4P/c13-9-5-1-3-7-11(9)17-20(16,19-15)18-12-8-4-2-6-10(12)14/h1-8H. The molecule has 106 valence electrons. The summed E-state index contributed by atoms with van der Waals surface area (Å²) in [6.45, 7) is 0. The molecular weight excluding hydrogens is 434 g/mol. The van der Waals surface area contributed by atoms with Crippen LogP contribution in [0.2, 0.25) is 0 Å². The van der Waals surface area contributed by atoms with Gasteiger partial charge < -0.3 is 9.05 Å². The molecule has 0 atom stereocenters. The Morgan fingerprint density at radius 3 is 1.60 bits per heavy atom. The van der Waals surface area contributed by atoms with Gasteiger partial charge in [-0.1, -0.05) is 24.3 Å². The number of halogens is 3. The third-order valence-electron chi connectivity index (χ3n) is 2.18. The number of benzene rings is 2. The summed E-state index contributed by atoms with van der Waals surface area (Å²) in [6.07, 6.45) is 0. The average molecular weight is 442 g/mol. The molecule has 0 aliphatic heterocycles. The van der Waals surface area contributed by atoms with Gasteiger partial charge in [-0.25, -0.2) is 4.57 Å². The summed E-state index contributed by atoms with van der Waals surface area (Å²) in [6, 6.07) is 13.7. The Labute approximate surface area is 138 Å². The van der Waals surface area contributed by atoms with E-state index in [0.29, 0.717) is 20.4 Å². The highest BCUT2D eigenvalue weighted by Crippen LogP contribution is 2.52. The van der Waals surface area contributed by atoms with Crippen LogP contribution in [-0.2, 0) is 8.64 Å². The molecule has 0 aliphatic rings. The Bertz CT molecular complexity index is 601. The van der Waals surface area contributed by atoms with Crippen molar-refractivity contribution in [3.05, 3.63) is 57.5 Å². The van der Waals surface area contributed by atoms with Crippen LogP contribution in [0.3, 0.4) is 0 Å². The number of rotatable bonds is 5. The van der Waals surface area contributed by atoms with Gasteiger partial charge in [0, 0.05) is 0 Å². The minimum Gasteiger partial charge on any atom is -0.393 e. The molecule has 0 N–H and O–H groups in total. The number of phosphoric ester groups is 1. The van der Waals surface area contributed by atoms with E-state index in [2.05, 4.69) is 35.9 Å². The summed E-state index contributed by atoms with van der Waals surface area (Å²) in [5.74, 6) is 0.590. The highest BCUT2D eigenvalue weighted by atomic mass is 79.9. The Hall–Kier alpha value is -0.520. The zero-order valence-corrected chi connectivity index (χ0v) is 14.7. The molecule has 0 spiro atoms. The Morgan fingerprint density at radius 1 is 0.850 bits per heavy atom. The van der Waals surface area contributed by atoms with Crippen LogP contribution in [0.15, 0.2) is 57.5 Å². The summed E-state index contributed by atoms with van der Waals surface area (Å²) in [5, 5.41) is 0. The minimum absolute atomic E-state index is 0.295. The first kappa shape index (κ1) is 15.9. The van der Waals surface area contributed by atoms with Crippen LogP contribution in [0.5, 0.6) is 11.5 Å². The molecule has 2 rings (SSSR count). The van der Waals surface area contributed by atoms with E-state index < -0.39 is 7.82 Å². The summed E-state index contributed by atoms with van der Waals surface area (Å²) in [7, 11) is -3.99. The second kappa shape index (κ2) is 6.96. The van der Waals surface area contributed by atoms with E-state index in [1.54, 1.807) is 48.5 Å². The summed E-state index contributed by atoms with van der Waals surface area (Å²) in [5.41, 5.74) is 0. The first-order valence-corrected chi connectivity index (χ1v) is 8.68. The molecule has 2 aromatic rings. The molecule has 0 fully saturated rings. The van der Waals surface area contributed by atoms with Crippen molar-refractivity contribution in [1.82, 2.24) is 0 Å². The Morgan fingerprint density at radius 2 is 1.25 bits per heavy atom. The number of phosphoric acid groups is 1. The van der Waals surface area contributed by atoms with Crippen molar-refractivity contribution in [1.29, 1.82) is 0 Å². The lowest BCUT2D eigenvalue weighted by atomic mass is 10.3. The zero-order valence-electron chi connectivity index (χ0n) is 9.83. The van der Waals surface area contributed by atoms with Crippen molar-refractivity contribution in [2.24, 2.45) is 0 Å². The predicted molar refractivity (Wildman–Crippen MR) is 84.1 cm³/mol. The van der Waals surface area contributed by atoms with Gasteiger partial charge in [-0.3, -0.25) is 0 Å². The topological polar surface area (TPSA) is 44.8 Å². The van der Waals surface area contributed by atoms with Crippen LogP contribution in [0.1, 0.15) is 0 Å². The first-order chi connectivity index (χ1) is 9.54. The Kier molecular flexibility index (Phi) is 5.52. The molecule has 0 heterocycles. The molecule has 2 aromatic carbocycles. The summed E-state index contributed by atoms with van der Waals surface area (Å²) < 4.78 is 28.5. The number of hydrogen-bond acceptors (Lipinski definition) is 4. The van der Waals surface area contributed by atoms with Crippen LogP contribution < -0.4 is 9.05 Å². The normalized spacial score (nSPS) is 11.2. The van der Waals surface area contributed by atoms with E-state index in [1.807, 2.05) is 0 Å². The Balaban J connectivity index is 2.24. The van der Waals surface area contributed by atoms with Crippen molar-refractivity contribution < 1.29 is 17.7 Å². The molecule has 0 amide bonds. The molecule has 0 unspecified atom stereocenters. The van der Waals surface area contributed by atoms with Gasteiger partial charge in [0.1, 0.15) is 11.5 Å². The fourth-order valence-corrected chi connectivity index (χ4v) is 3.37. The number of para-hydroxylation sites is 2. The van der Waals surface area contributed by atoms with Crippen LogP contribution in [0.4, 0.5) is 0 Å². The maximum atomic E-state index is 12.4. The summed E-state index contributed by atoms with van der Waals surface area (Å²) in [4.78, 5) is 0. The average Bonchev–Trinajstić information content (AvgIpc) is 2.44. The zero-order chi connectivity index (χ0) is 14.6. The molecule has 4 nitrogen and oxygen atoms in total. The fourth-order valence-electron chi connectivity index (χ4n) is 1.33. The van der Waals surface area contributed by atoms with Crippen molar-refractivity contribution in [3.63, 3.8) is 0 Å². The molecule has 0 bridgehead atoms. The molecule has 0 saturated heterocycles. The third kappa shape index (κ3) is 3.99. The van der Waals surface area contributed by atoms with Crippen LogP contribution >= 0.6 is 51.5 Å². The molecular formula is C12H8Br2ClO4P. The maximum absolute atomic E-state index is 12.4. The van der Waals surface area contributed by atoms with E-state index in [9.17, 15) is 4.57 Å². The molecule has 0 aliphatic carbocycles. The second-order valence-electron chi connectivity index (χ2n) is 3.56. The van der Waals surface area contributed by atoms with Gasteiger partial charge in [0.2, 0.25) is 0 Å². The van der Waals surface area contributed by atoms with Crippen LogP contribution in [0.25, 0.3) is 0 Å². The lowest BCUT2D eigenvalue weighted by Crippen LogP contribution is -2.01. The smallest absolute Gasteiger partial charge is 0.393 e. The van der Waals surface area contributed by atoms with E-state index in [0.717, 1.165) is 0 Å². The maximum Gasteiger partial charge on any atom is 0.604 e. The van der Waals surface area contributed by atoms with Crippen LogP contribution in [0, 0.1) is 0 Å². The molecule has 20 heavy (non-hydrogen) atoms. The van der Waals surface area contributed by atoms with Gasteiger partial charge in [0.05, 0.1) is 20.8 Å². The van der Waals surface area contributed by atoms with Gasteiger partial charge >= 0.3 is 7.82 Å². The highest BCUT2D eigenvalue weighted by Gasteiger charge is 2.32. The lowest BCUT2D eigenvalue weighted by Gasteiger charge is -2.17. The van der Waals surface area contributed by atoms with E-state index >= 15 is 0 Å². The molecule has 0 aromatic heterocycles. The van der Waals surface area contributed by atoms with E-state index in [-0.39, 0.29) is 0 Å². The van der Waals surface area contributed by atoms with Gasteiger partial charge in [0.15, 0.2) is 0 Å². The SMILES string of the molecule is O=P(OCl)(Oc1ccccc1Br)Oc1ccccc1Br. The highest BCUT2D eigenvalue weighted by molar-refractivity contribution is 9.10. The molecule has 8 heteroatoms. The van der Waals surface area contributed by atoms with Crippen LogP contribution in [-0.4, -0.2) is 0 Å². The van der Waals surface area contributed by atoms with Crippen molar-refractivity contribution in [3.8, 4) is 11.5 Å². The predicted octanol–water partition coefficient (Wildman–Crippen LogP) is 5.95. The van der Waals surface area contributed by atoms with E-state index in [4.69, 9.17) is 20.9 Å². The van der Waals surface area contributed by atoms with Crippen molar-refractivity contribution in [2.45, 2.75) is 0 Å². The first-order valence-electron chi connectivity index (χ1n) is 5.33. The molecule has 0 radical (unpaired) electrons. The minimum atomic E-state index is -3.99.